The zero-order valence-electron chi connectivity index (χ0n) is 20.4. The second-order valence-electron chi connectivity index (χ2n) is 9.47. The number of halogens is 1. The van der Waals surface area contributed by atoms with E-state index in [9.17, 15) is 4.79 Å². The quantitative estimate of drug-likeness (QED) is 0.413. The Hall–Kier alpha value is -2.68. The predicted octanol–water partition coefficient (Wildman–Crippen LogP) is 4.98. The van der Waals surface area contributed by atoms with E-state index >= 15 is 0 Å². The largest absolute Gasteiger partial charge is 0.494 e. The van der Waals surface area contributed by atoms with Crippen LogP contribution >= 0.6 is 23.3 Å². The summed E-state index contributed by atoms with van der Waals surface area (Å²) in [5.41, 5.74) is 2.90. The van der Waals surface area contributed by atoms with Crippen LogP contribution in [0, 0.1) is 0 Å². The van der Waals surface area contributed by atoms with Gasteiger partial charge >= 0.3 is 0 Å². The molecule has 36 heavy (non-hydrogen) atoms. The molecule has 2 saturated heterocycles. The Morgan fingerprint density at radius 2 is 1.92 bits per heavy atom. The molecule has 3 aromatic rings. The number of aromatic nitrogens is 2. The fraction of sp³-hybridized carbons (Fsp3) is 0.444. The Balaban J connectivity index is 1.10. The zero-order valence-corrected chi connectivity index (χ0v) is 22.0. The highest BCUT2D eigenvalue weighted by Gasteiger charge is 2.28. The highest BCUT2D eigenvalue weighted by molar-refractivity contribution is 6.99. The lowest BCUT2D eigenvalue weighted by molar-refractivity contribution is 0.0575. The molecule has 1 amide bonds. The standard InChI is InChI=1S/C27H32ClN5O2S/c28-22-6-4-8-24(18-22)32-14-12-31(13-15-32)20-21-5-3-9-25(17-21)35-16-10-23-7-1-2-11-33(23)27(34)26-19-29-36-30-26/h3-6,8-9,17-19,23H,1-2,7,10-16,20H2. The van der Waals surface area contributed by atoms with Gasteiger partial charge in [-0.3, -0.25) is 9.69 Å². The van der Waals surface area contributed by atoms with Crippen molar-refractivity contribution in [2.24, 2.45) is 0 Å². The number of carbonyl (C=O) groups excluding carboxylic acids is 1. The molecule has 0 aliphatic carbocycles. The minimum atomic E-state index is -0.00842. The molecule has 0 saturated carbocycles. The van der Waals surface area contributed by atoms with Gasteiger partial charge in [0.05, 0.1) is 24.5 Å². The summed E-state index contributed by atoms with van der Waals surface area (Å²) < 4.78 is 14.3. The minimum Gasteiger partial charge on any atom is -0.494 e. The first-order valence-corrected chi connectivity index (χ1v) is 13.8. The van der Waals surface area contributed by atoms with Crippen LogP contribution in [0.25, 0.3) is 0 Å². The van der Waals surface area contributed by atoms with Gasteiger partial charge < -0.3 is 14.5 Å². The monoisotopic (exact) mass is 525 g/mol. The molecular formula is C27H32ClN5O2S. The summed E-state index contributed by atoms with van der Waals surface area (Å²) in [5.74, 6) is 0.883. The number of carbonyl (C=O) groups is 1. The number of piperazine rings is 1. The molecule has 2 fully saturated rings. The maximum atomic E-state index is 12.8. The lowest BCUT2D eigenvalue weighted by Gasteiger charge is -2.36. The van der Waals surface area contributed by atoms with E-state index in [0.717, 1.165) is 87.5 Å². The van der Waals surface area contributed by atoms with Crippen LogP contribution in [-0.2, 0) is 6.54 Å². The molecular weight excluding hydrogens is 494 g/mol. The summed E-state index contributed by atoms with van der Waals surface area (Å²) in [7, 11) is 0. The molecule has 5 rings (SSSR count). The Kier molecular flexibility index (Phi) is 8.36. The van der Waals surface area contributed by atoms with Gasteiger partial charge in [0.1, 0.15) is 5.75 Å². The molecule has 3 heterocycles. The molecule has 1 unspecified atom stereocenters. The molecule has 1 aromatic heterocycles. The van der Waals surface area contributed by atoms with Crippen LogP contribution in [0.15, 0.2) is 54.7 Å². The van der Waals surface area contributed by atoms with Crippen LogP contribution in [0.5, 0.6) is 5.75 Å². The van der Waals surface area contributed by atoms with E-state index in [1.807, 2.05) is 29.2 Å². The van der Waals surface area contributed by atoms with E-state index in [2.05, 4.69) is 42.8 Å². The average molecular weight is 526 g/mol. The number of amides is 1. The van der Waals surface area contributed by atoms with Crippen molar-refractivity contribution in [1.82, 2.24) is 18.5 Å². The second kappa shape index (κ2) is 12.0. The lowest BCUT2D eigenvalue weighted by Crippen LogP contribution is -2.45. The van der Waals surface area contributed by atoms with E-state index in [-0.39, 0.29) is 11.9 Å². The first kappa shape index (κ1) is 25.0. The van der Waals surface area contributed by atoms with Gasteiger partial charge in [-0.2, -0.15) is 8.75 Å². The van der Waals surface area contributed by atoms with Gasteiger partial charge in [0.15, 0.2) is 5.69 Å². The highest BCUT2D eigenvalue weighted by atomic mass is 35.5. The van der Waals surface area contributed by atoms with Gasteiger partial charge in [-0.15, -0.1) is 0 Å². The Morgan fingerprint density at radius 3 is 2.72 bits per heavy atom. The molecule has 2 aliphatic heterocycles. The molecule has 0 bridgehead atoms. The summed E-state index contributed by atoms with van der Waals surface area (Å²) in [6.07, 6.45) is 5.57. The van der Waals surface area contributed by atoms with Crippen molar-refractivity contribution in [3.8, 4) is 5.75 Å². The van der Waals surface area contributed by atoms with Crippen molar-refractivity contribution in [2.75, 3.05) is 44.2 Å². The van der Waals surface area contributed by atoms with Gasteiger partial charge in [0, 0.05) is 62.4 Å². The van der Waals surface area contributed by atoms with Crippen molar-refractivity contribution < 1.29 is 9.53 Å². The van der Waals surface area contributed by atoms with E-state index in [1.165, 1.54) is 11.3 Å². The molecule has 0 spiro atoms. The third-order valence-electron chi connectivity index (χ3n) is 7.04. The van der Waals surface area contributed by atoms with Crippen molar-refractivity contribution in [1.29, 1.82) is 0 Å². The predicted molar refractivity (Wildman–Crippen MR) is 144 cm³/mol. The Bertz CT molecular complexity index is 1140. The van der Waals surface area contributed by atoms with Crippen molar-refractivity contribution in [3.63, 3.8) is 0 Å². The number of benzene rings is 2. The fourth-order valence-corrected chi connectivity index (χ4v) is 5.71. The SMILES string of the molecule is O=C(c1cnsn1)N1CCCCC1CCOc1cccc(CN2CCN(c3cccc(Cl)c3)CC2)c1. The van der Waals surface area contributed by atoms with Crippen LogP contribution in [0.4, 0.5) is 5.69 Å². The molecule has 1 atom stereocenters. The summed E-state index contributed by atoms with van der Waals surface area (Å²) in [5, 5.41) is 0.784. The van der Waals surface area contributed by atoms with Gasteiger partial charge in [0.25, 0.3) is 5.91 Å². The zero-order chi connectivity index (χ0) is 24.7. The molecule has 0 radical (unpaired) electrons. The van der Waals surface area contributed by atoms with E-state index in [4.69, 9.17) is 16.3 Å². The average Bonchev–Trinajstić information content (AvgIpc) is 3.45. The highest BCUT2D eigenvalue weighted by Crippen LogP contribution is 2.24. The van der Waals surface area contributed by atoms with Crippen LogP contribution in [0.2, 0.25) is 5.02 Å². The van der Waals surface area contributed by atoms with Crippen LogP contribution < -0.4 is 9.64 Å². The number of likely N-dealkylation sites (tertiary alicyclic amines) is 1. The van der Waals surface area contributed by atoms with Crippen molar-refractivity contribution in [3.05, 3.63) is 71.0 Å². The number of anilines is 1. The lowest BCUT2D eigenvalue weighted by atomic mass is 9.99. The number of hydrogen-bond donors (Lipinski definition) is 0. The first-order chi connectivity index (χ1) is 17.7. The van der Waals surface area contributed by atoms with E-state index in [1.54, 1.807) is 6.20 Å². The third kappa shape index (κ3) is 6.35. The summed E-state index contributed by atoms with van der Waals surface area (Å²) in [4.78, 5) is 19.7. The van der Waals surface area contributed by atoms with Gasteiger partial charge in [0.2, 0.25) is 0 Å². The molecule has 7 nitrogen and oxygen atoms in total. The van der Waals surface area contributed by atoms with E-state index < -0.39 is 0 Å². The molecule has 0 N–H and O–H groups in total. The van der Waals surface area contributed by atoms with Gasteiger partial charge in [-0.05, 0) is 55.2 Å². The molecule has 2 aliphatic rings. The Morgan fingerprint density at radius 1 is 1.06 bits per heavy atom. The molecule has 9 heteroatoms. The van der Waals surface area contributed by atoms with Crippen LogP contribution in [0.1, 0.15) is 41.7 Å². The van der Waals surface area contributed by atoms with Gasteiger partial charge in [-0.1, -0.05) is 29.8 Å². The second-order valence-corrected chi connectivity index (χ2v) is 10.5. The Labute approximate surface area is 221 Å². The molecule has 2 aromatic carbocycles. The number of piperidine rings is 1. The van der Waals surface area contributed by atoms with Gasteiger partial charge in [-0.25, -0.2) is 0 Å². The number of ether oxygens (including phenoxy) is 1. The fourth-order valence-electron chi connectivity index (χ4n) is 5.12. The molecule has 190 valence electrons. The van der Waals surface area contributed by atoms with Crippen LogP contribution in [-0.4, -0.2) is 69.8 Å². The smallest absolute Gasteiger partial charge is 0.275 e. The minimum absolute atomic E-state index is 0.00842. The maximum Gasteiger partial charge on any atom is 0.275 e. The topological polar surface area (TPSA) is 61.8 Å². The number of nitrogens with zero attached hydrogens (tertiary/aromatic N) is 5. The van der Waals surface area contributed by atoms with Crippen molar-refractivity contribution in [2.45, 2.75) is 38.3 Å². The van der Waals surface area contributed by atoms with E-state index in [0.29, 0.717) is 12.3 Å². The normalized spacial score (nSPS) is 18.9. The van der Waals surface area contributed by atoms with Crippen molar-refractivity contribution >= 4 is 34.9 Å². The van der Waals surface area contributed by atoms with Crippen LogP contribution in [0.3, 0.4) is 0 Å². The summed E-state index contributed by atoms with van der Waals surface area (Å²) >= 11 is 7.24. The number of rotatable bonds is 8. The maximum absolute atomic E-state index is 12.8. The number of hydrogen-bond acceptors (Lipinski definition) is 7. The third-order valence-corrected chi connectivity index (χ3v) is 7.75. The summed E-state index contributed by atoms with van der Waals surface area (Å²) in [6.45, 7) is 6.28. The first-order valence-electron chi connectivity index (χ1n) is 12.7. The summed E-state index contributed by atoms with van der Waals surface area (Å²) in [6, 6.07) is 16.7.